The fraction of sp³-hybridized carbons (Fsp3) is 0.111. The molecule has 0 aliphatic rings. The first-order chi connectivity index (χ1) is 11.4. The van der Waals surface area contributed by atoms with Crippen LogP contribution in [-0.4, -0.2) is 11.8 Å². The minimum atomic E-state index is -0.411. The predicted molar refractivity (Wildman–Crippen MR) is 97.2 cm³/mol. The van der Waals surface area contributed by atoms with Gasteiger partial charge in [-0.1, -0.05) is 22.0 Å². The second-order valence-electron chi connectivity index (χ2n) is 5.15. The van der Waals surface area contributed by atoms with Gasteiger partial charge in [0.1, 0.15) is 5.82 Å². The first-order valence-corrected chi connectivity index (χ1v) is 7.97. The van der Waals surface area contributed by atoms with Gasteiger partial charge >= 0.3 is 0 Å². The molecular weight excluding hydrogens is 375 g/mol. The Morgan fingerprint density at radius 2 is 1.79 bits per heavy atom. The van der Waals surface area contributed by atoms with Crippen LogP contribution in [0.15, 0.2) is 46.9 Å². The number of nitrogens with one attached hydrogen (secondary N) is 2. The summed E-state index contributed by atoms with van der Waals surface area (Å²) < 4.78 is 14.4. The van der Waals surface area contributed by atoms with Gasteiger partial charge < -0.3 is 10.6 Å². The number of carbonyl (C=O) groups is 2. The summed E-state index contributed by atoms with van der Waals surface area (Å²) in [5.74, 6) is -0.991. The lowest BCUT2D eigenvalue weighted by Gasteiger charge is -2.11. The standard InChI is InChI=1S/C18H16BrFN2O2/c1-11-16(21-12(2)23)4-3-5-17(11)22-18(24)9-6-13-10-14(19)7-8-15(13)20/h3-10H,1-2H3,(H,21,23)(H,22,24)/b9-6+. The Morgan fingerprint density at radius 3 is 2.46 bits per heavy atom. The Morgan fingerprint density at radius 1 is 1.12 bits per heavy atom. The maximum Gasteiger partial charge on any atom is 0.248 e. The van der Waals surface area contributed by atoms with Crippen LogP contribution in [0.1, 0.15) is 18.1 Å². The summed E-state index contributed by atoms with van der Waals surface area (Å²) >= 11 is 3.26. The predicted octanol–water partition coefficient (Wildman–Crippen LogP) is 4.51. The van der Waals surface area contributed by atoms with Gasteiger partial charge in [0, 0.05) is 34.4 Å². The lowest BCUT2D eigenvalue weighted by molar-refractivity contribution is -0.114. The zero-order valence-electron chi connectivity index (χ0n) is 13.2. The summed E-state index contributed by atoms with van der Waals surface area (Å²) in [7, 11) is 0. The van der Waals surface area contributed by atoms with Gasteiger partial charge in [-0.05, 0) is 48.9 Å². The maximum absolute atomic E-state index is 13.6. The van der Waals surface area contributed by atoms with Crippen LogP contribution in [0, 0.1) is 12.7 Å². The van der Waals surface area contributed by atoms with E-state index in [-0.39, 0.29) is 5.91 Å². The molecule has 4 nitrogen and oxygen atoms in total. The molecule has 0 heterocycles. The summed E-state index contributed by atoms with van der Waals surface area (Å²) in [6, 6.07) is 9.70. The molecule has 0 atom stereocenters. The van der Waals surface area contributed by atoms with Crippen LogP contribution in [0.2, 0.25) is 0 Å². The zero-order chi connectivity index (χ0) is 17.7. The van der Waals surface area contributed by atoms with E-state index < -0.39 is 11.7 Å². The Labute approximate surface area is 147 Å². The van der Waals surface area contributed by atoms with Crippen LogP contribution < -0.4 is 10.6 Å². The third kappa shape index (κ3) is 4.76. The Bertz CT molecular complexity index is 819. The van der Waals surface area contributed by atoms with E-state index in [0.29, 0.717) is 16.9 Å². The first-order valence-electron chi connectivity index (χ1n) is 7.18. The molecule has 0 aromatic heterocycles. The molecule has 2 rings (SSSR count). The molecule has 2 N–H and O–H groups in total. The highest BCUT2D eigenvalue weighted by atomic mass is 79.9. The van der Waals surface area contributed by atoms with Crippen molar-refractivity contribution >= 4 is 45.2 Å². The van der Waals surface area contributed by atoms with E-state index in [1.54, 1.807) is 37.3 Å². The van der Waals surface area contributed by atoms with E-state index in [4.69, 9.17) is 0 Å². The third-order valence-electron chi connectivity index (χ3n) is 3.27. The SMILES string of the molecule is CC(=O)Nc1cccc(NC(=O)/C=C/c2cc(Br)ccc2F)c1C. The lowest BCUT2D eigenvalue weighted by atomic mass is 10.1. The average molecular weight is 391 g/mol. The van der Waals surface area contributed by atoms with Gasteiger partial charge in [0.15, 0.2) is 0 Å². The van der Waals surface area contributed by atoms with Gasteiger partial charge in [0.25, 0.3) is 0 Å². The summed E-state index contributed by atoms with van der Waals surface area (Å²) in [5.41, 5.74) is 2.25. The van der Waals surface area contributed by atoms with Crippen molar-refractivity contribution in [1.82, 2.24) is 0 Å². The second-order valence-corrected chi connectivity index (χ2v) is 6.06. The van der Waals surface area contributed by atoms with E-state index in [1.807, 2.05) is 0 Å². The molecule has 24 heavy (non-hydrogen) atoms. The van der Waals surface area contributed by atoms with Crippen molar-refractivity contribution in [1.29, 1.82) is 0 Å². The van der Waals surface area contributed by atoms with Gasteiger partial charge in [0.2, 0.25) is 11.8 Å². The van der Waals surface area contributed by atoms with Crippen molar-refractivity contribution in [3.8, 4) is 0 Å². The van der Waals surface area contributed by atoms with Crippen molar-refractivity contribution in [2.75, 3.05) is 10.6 Å². The van der Waals surface area contributed by atoms with Crippen LogP contribution in [0.3, 0.4) is 0 Å². The summed E-state index contributed by atoms with van der Waals surface area (Å²) in [5, 5.41) is 5.41. The molecular formula is C18H16BrFN2O2. The molecule has 2 amide bonds. The molecule has 2 aromatic carbocycles. The van der Waals surface area contributed by atoms with E-state index in [0.717, 1.165) is 10.0 Å². The smallest absolute Gasteiger partial charge is 0.248 e. The highest BCUT2D eigenvalue weighted by Crippen LogP contribution is 2.23. The van der Waals surface area contributed by atoms with Crippen LogP contribution in [0.25, 0.3) is 6.08 Å². The highest BCUT2D eigenvalue weighted by molar-refractivity contribution is 9.10. The van der Waals surface area contributed by atoms with Crippen LogP contribution >= 0.6 is 15.9 Å². The topological polar surface area (TPSA) is 58.2 Å². The molecule has 0 saturated carbocycles. The van der Waals surface area contributed by atoms with Crippen molar-refractivity contribution in [3.63, 3.8) is 0 Å². The van der Waals surface area contributed by atoms with Crippen molar-refractivity contribution < 1.29 is 14.0 Å². The molecule has 0 spiro atoms. The van der Waals surface area contributed by atoms with E-state index in [1.165, 1.54) is 25.1 Å². The summed E-state index contributed by atoms with van der Waals surface area (Å²) in [6.07, 6.45) is 2.66. The molecule has 0 aliphatic heterocycles. The van der Waals surface area contributed by atoms with Crippen molar-refractivity contribution in [2.45, 2.75) is 13.8 Å². The van der Waals surface area contributed by atoms with E-state index in [9.17, 15) is 14.0 Å². The number of amides is 2. The molecule has 0 radical (unpaired) electrons. The maximum atomic E-state index is 13.6. The fourth-order valence-electron chi connectivity index (χ4n) is 2.08. The minimum Gasteiger partial charge on any atom is -0.326 e. The number of carbonyl (C=O) groups excluding carboxylic acids is 2. The summed E-state index contributed by atoms with van der Waals surface area (Å²) in [4.78, 5) is 23.2. The monoisotopic (exact) mass is 390 g/mol. The number of rotatable bonds is 4. The third-order valence-corrected chi connectivity index (χ3v) is 3.77. The second kappa shape index (κ2) is 7.88. The Balaban J connectivity index is 2.14. The normalized spacial score (nSPS) is 10.7. The molecule has 0 fully saturated rings. The fourth-order valence-corrected chi connectivity index (χ4v) is 2.46. The number of benzene rings is 2. The molecule has 2 aromatic rings. The van der Waals surface area contributed by atoms with Gasteiger partial charge in [-0.15, -0.1) is 0 Å². The minimum absolute atomic E-state index is 0.188. The number of anilines is 2. The van der Waals surface area contributed by atoms with E-state index >= 15 is 0 Å². The van der Waals surface area contributed by atoms with Crippen LogP contribution in [-0.2, 0) is 9.59 Å². The molecule has 124 valence electrons. The van der Waals surface area contributed by atoms with Crippen LogP contribution in [0.5, 0.6) is 0 Å². The highest BCUT2D eigenvalue weighted by Gasteiger charge is 2.07. The molecule has 0 unspecified atom stereocenters. The molecule has 0 bridgehead atoms. The average Bonchev–Trinajstić information content (AvgIpc) is 2.52. The van der Waals surface area contributed by atoms with Crippen molar-refractivity contribution in [2.24, 2.45) is 0 Å². The van der Waals surface area contributed by atoms with Gasteiger partial charge in [-0.3, -0.25) is 9.59 Å². The Kier molecular flexibility index (Phi) is 5.87. The quantitative estimate of drug-likeness (QED) is 0.754. The van der Waals surface area contributed by atoms with Crippen molar-refractivity contribution in [3.05, 3.63) is 63.9 Å². The van der Waals surface area contributed by atoms with E-state index in [2.05, 4.69) is 26.6 Å². The van der Waals surface area contributed by atoms with Gasteiger partial charge in [-0.2, -0.15) is 0 Å². The lowest BCUT2D eigenvalue weighted by Crippen LogP contribution is -2.12. The number of hydrogen-bond acceptors (Lipinski definition) is 2. The summed E-state index contributed by atoms with van der Waals surface area (Å²) in [6.45, 7) is 3.21. The molecule has 0 aliphatic carbocycles. The zero-order valence-corrected chi connectivity index (χ0v) is 14.8. The molecule has 6 heteroatoms. The largest absolute Gasteiger partial charge is 0.326 e. The van der Waals surface area contributed by atoms with Gasteiger partial charge in [-0.25, -0.2) is 4.39 Å². The Hall–Kier alpha value is -2.47. The van der Waals surface area contributed by atoms with Gasteiger partial charge in [0.05, 0.1) is 0 Å². The number of hydrogen-bond donors (Lipinski definition) is 2. The number of halogens is 2. The molecule has 0 saturated heterocycles. The first kappa shape index (κ1) is 17.9. The van der Waals surface area contributed by atoms with Crippen LogP contribution in [0.4, 0.5) is 15.8 Å².